The van der Waals surface area contributed by atoms with Gasteiger partial charge in [-0.15, -0.1) is 10.2 Å². The van der Waals surface area contributed by atoms with Crippen LogP contribution < -0.4 is 0 Å². The van der Waals surface area contributed by atoms with Crippen LogP contribution in [0.4, 0.5) is 0 Å². The second-order valence-electron chi connectivity index (χ2n) is 4.25. The van der Waals surface area contributed by atoms with E-state index >= 15 is 0 Å². The van der Waals surface area contributed by atoms with Gasteiger partial charge in [0.15, 0.2) is 10.9 Å². The normalized spacial score (nSPS) is 10.7. The van der Waals surface area contributed by atoms with Gasteiger partial charge in [0.2, 0.25) is 0 Å². The molecule has 2 rings (SSSR count). The number of carbonyl (C=O) groups is 1. The van der Waals surface area contributed by atoms with Gasteiger partial charge in [0.05, 0.1) is 12.4 Å². The number of hydrogen-bond donors (Lipinski definition) is 0. The highest BCUT2D eigenvalue weighted by Crippen LogP contribution is 2.18. The van der Waals surface area contributed by atoms with Crippen LogP contribution in [-0.4, -0.2) is 40.0 Å². The van der Waals surface area contributed by atoms with Crippen molar-refractivity contribution < 1.29 is 9.53 Å². The molecule has 0 aliphatic heterocycles. The maximum absolute atomic E-state index is 12.0. The van der Waals surface area contributed by atoms with E-state index in [-0.39, 0.29) is 5.78 Å². The highest BCUT2D eigenvalue weighted by molar-refractivity contribution is 7.99. The van der Waals surface area contributed by atoms with E-state index in [1.165, 1.54) is 11.8 Å². The van der Waals surface area contributed by atoms with Crippen LogP contribution in [0.3, 0.4) is 0 Å². The number of carbonyl (C=O) groups excluding carboxylic acids is 1. The first kappa shape index (κ1) is 14.7. The molecule has 0 atom stereocenters. The molecule has 0 unspecified atom stereocenters. The molecular weight excluding hydrogens is 274 g/mol. The van der Waals surface area contributed by atoms with Crippen LogP contribution in [0.5, 0.6) is 0 Å². The van der Waals surface area contributed by atoms with Crippen LogP contribution in [0.25, 0.3) is 0 Å². The Morgan fingerprint density at radius 3 is 2.75 bits per heavy atom. The van der Waals surface area contributed by atoms with Crippen LogP contribution in [0, 0.1) is 6.92 Å². The lowest BCUT2D eigenvalue weighted by molar-refractivity contribution is 0.102. The monoisotopic (exact) mass is 291 g/mol. The van der Waals surface area contributed by atoms with E-state index in [4.69, 9.17) is 4.74 Å². The minimum absolute atomic E-state index is 0.0922. The van der Waals surface area contributed by atoms with Crippen molar-refractivity contribution in [3.8, 4) is 0 Å². The number of ether oxygens (including phenoxy) is 1. The van der Waals surface area contributed by atoms with Crippen LogP contribution in [0.2, 0.25) is 0 Å². The van der Waals surface area contributed by atoms with E-state index in [0.717, 1.165) is 16.5 Å². The highest BCUT2D eigenvalue weighted by Gasteiger charge is 2.12. The lowest BCUT2D eigenvalue weighted by Gasteiger charge is -2.07. The van der Waals surface area contributed by atoms with Gasteiger partial charge >= 0.3 is 0 Å². The molecule has 2 aromatic rings. The second-order valence-corrected chi connectivity index (χ2v) is 5.19. The lowest BCUT2D eigenvalue weighted by atomic mass is 10.2. The topological polar surface area (TPSA) is 57.0 Å². The van der Waals surface area contributed by atoms with Crippen molar-refractivity contribution in [1.82, 2.24) is 14.8 Å². The van der Waals surface area contributed by atoms with Crippen molar-refractivity contribution in [2.24, 2.45) is 0 Å². The predicted octanol–water partition coefficient (Wildman–Crippen LogP) is 2.21. The summed E-state index contributed by atoms with van der Waals surface area (Å²) in [5.41, 5.74) is 0.722. The average molecular weight is 291 g/mol. The third-order valence-corrected chi connectivity index (χ3v) is 3.82. The Morgan fingerprint density at radius 2 is 2.05 bits per heavy atom. The molecule has 0 saturated heterocycles. The Morgan fingerprint density at radius 1 is 1.30 bits per heavy atom. The van der Waals surface area contributed by atoms with Gasteiger partial charge in [0.25, 0.3) is 0 Å². The summed E-state index contributed by atoms with van der Waals surface area (Å²) in [5.74, 6) is 1.28. The number of Topliss-reactive ketones (excluding diaryl/α,β-unsaturated/α-hetero) is 1. The highest BCUT2D eigenvalue weighted by atomic mass is 32.2. The van der Waals surface area contributed by atoms with Gasteiger partial charge in [-0.05, 0) is 6.92 Å². The number of aromatic nitrogens is 3. The molecule has 106 valence electrons. The van der Waals surface area contributed by atoms with Crippen molar-refractivity contribution in [2.45, 2.75) is 18.6 Å². The van der Waals surface area contributed by atoms with Crippen molar-refractivity contribution in [3.63, 3.8) is 0 Å². The maximum Gasteiger partial charge on any atom is 0.191 e. The minimum atomic E-state index is 0.0922. The zero-order valence-electron chi connectivity index (χ0n) is 11.6. The number of ketones is 1. The van der Waals surface area contributed by atoms with E-state index in [9.17, 15) is 4.79 Å². The summed E-state index contributed by atoms with van der Waals surface area (Å²) >= 11 is 1.41. The molecule has 5 nitrogen and oxygen atoms in total. The Bertz CT molecular complexity index is 569. The molecule has 0 amide bonds. The molecule has 1 heterocycles. The Kier molecular flexibility index (Phi) is 5.31. The van der Waals surface area contributed by atoms with Gasteiger partial charge < -0.3 is 9.30 Å². The molecule has 0 fully saturated rings. The van der Waals surface area contributed by atoms with Gasteiger partial charge in [-0.2, -0.15) is 0 Å². The van der Waals surface area contributed by atoms with E-state index in [1.807, 2.05) is 41.8 Å². The van der Waals surface area contributed by atoms with E-state index in [0.29, 0.717) is 18.9 Å². The lowest BCUT2D eigenvalue weighted by Crippen LogP contribution is -2.09. The fourth-order valence-corrected chi connectivity index (χ4v) is 2.65. The average Bonchev–Trinajstić information content (AvgIpc) is 2.84. The van der Waals surface area contributed by atoms with E-state index in [2.05, 4.69) is 10.2 Å². The number of hydrogen-bond acceptors (Lipinski definition) is 5. The van der Waals surface area contributed by atoms with Crippen LogP contribution in [0.1, 0.15) is 16.2 Å². The third-order valence-electron chi connectivity index (χ3n) is 2.85. The number of methoxy groups -OCH3 is 1. The fourth-order valence-electron chi connectivity index (χ4n) is 1.75. The Labute approximate surface area is 122 Å². The molecule has 20 heavy (non-hydrogen) atoms. The summed E-state index contributed by atoms with van der Waals surface area (Å²) in [6.07, 6.45) is 0. The smallest absolute Gasteiger partial charge is 0.191 e. The second kappa shape index (κ2) is 7.21. The van der Waals surface area contributed by atoms with E-state index in [1.54, 1.807) is 7.11 Å². The van der Waals surface area contributed by atoms with Crippen molar-refractivity contribution >= 4 is 17.5 Å². The molecule has 1 aromatic heterocycles. The SMILES string of the molecule is COCCn1c(C)nnc1SCC(=O)c1ccccc1. The summed E-state index contributed by atoms with van der Waals surface area (Å²) in [6.45, 7) is 3.18. The van der Waals surface area contributed by atoms with Gasteiger partial charge in [0, 0.05) is 19.2 Å². The van der Waals surface area contributed by atoms with Gasteiger partial charge in [-0.25, -0.2) is 0 Å². The number of rotatable bonds is 7. The zero-order chi connectivity index (χ0) is 14.4. The van der Waals surface area contributed by atoms with Crippen LogP contribution in [0.15, 0.2) is 35.5 Å². The Balaban J connectivity index is 1.99. The molecular formula is C14H17N3O2S. The first-order valence-corrected chi connectivity index (χ1v) is 7.30. The number of aryl methyl sites for hydroxylation is 1. The summed E-state index contributed by atoms with van der Waals surface area (Å²) < 4.78 is 7.03. The molecule has 0 bridgehead atoms. The molecule has 0 saturated carbocycles. The van der Waals surface area contributed by atoms with Gasteiger partial charge in [-0.3, -0.25) is 4.79 Å². The van der Waals surface area contributed by atoms with Crippen molar-refractivity contribution in [3.05, 3.63) is 41.7 Å². The number of benzene rings is 1. The van der Waals surface area contributed by atoms with Gasteiger partial charge in [0.1, 0.15) is 5.82 Å². The fraction of sp³-hybridized carbons (Fsp3) is 0.357. The summed E-state index contributed by atoms with van der Waals surface area (Å²) in [7, 11) is 1.66. The maximum atomic E-state index is 12.0. The number of nitrogens with zero attached hydrogens (tertiary/aromatic N) is 3. The molecule has 6 heteroatoms. The van der Waals surface area contributed by atoms with Gasteiger partial charge in [-0.1, -0.05) is 42.1 Å². The molecule has 0 spiro atoms. The standard InChI is InChI=1S/C14H17N3O2S/c1-11-15-16-14(17(11)8-9-19-2)20-10-13(18)12-6-4-3-5-7-12/h3-7H,8-10H2,1-2H3. The Hall–Kier alpha value is -1.66. The van der Waals surface area contributed by atoms with Crippen molar-refractivity contribution in [2.75, 3.05) is 19.5 Å². The first-order valence-electron chi connectivity index (χ1n) is 6.32. The molecule has 0 N–H and O–H groups in total. The molecule has 0 aliphatic rings. The zero-order valence-corrected chi connectivity index (χ0v) is 12.4. The minimum Gasteiger partial charge on any atom is -0.383 e. The molecule has 1 aromatic carbocycles. The van der Waals surface area contributed by atoms with Crippen LogP contribution >= 0.6 is 11.8 Å². The first-order chi connectivity index (χ1) is 9.72. The molecule has 0 radical (unpaired) electrons. The predicted molar refractivity (Wildman–Crippen MR) is 78.1 cm³/mol. The quantitative estimate of drug-likeness (QED) is 0.578. The largest absolute Gasteiger partial charge is 0.383 e. The third kappa shape index (κ3) is 3.68. The summed E-state index contributed by atoms with van der Waals surface area (Å²) in [4.78, 5) is 12.0. The molecule has 0 aliphatic carbocycles. The number of thioether (sulfide) groups is 1. The van der Waals surface area contributed by atoms with E-state index < -0.39 is 0 Å². The summed E-state index contributed by atoms with van der Waals surface area (Å²) in [5, 5.41) is 8.90. The van der Waals surface area contributed by atoms with Crippen molar-refractivity contribution in [1.29, 1.82) is 0 Å². The van der Waals surface area contributed by atoms with Crippen LogP contribution in [-0.2, 0) is 11.3 Å². The summed E-state index contributed by atoms with van der Waals surface area (Å²) in [6, 6.07) is 9.27.